The van der Waals surface area contributed by atoms with Gasteiger partial charge >= 0.3 is 0 Å². The Balaban J connectivity index is 2.48. The summed E-state index contributed by atoms with van der Waals surface area (Å²) in [5, 5.41) is 1.91. The zero-order valence-electron chi connectivity index (χ0n) is 9.69. The van der Waals surface area contributed by atoms with E-state index >= 15 is 0 Å². The monoisotopic (exact) mass is 247 g/mol. The fourth-order valence-electron chi connectivity index (χ4n) is 1.62. The van der Waals surface area contributed by atoms with E-state index in [0.717, 1.165) is 10.4 Å². The second-order valence-electron chi connectivity index (χ2n) is 3.72. The zero-order valence-corrected chi connectivity index (χ0v) is 10.5. The lowest BCUT2D eigenvalue weighted by molar-refractivity contribution is 0.103. The van der Waals surface area contributed by atoms with Crippen LogP contribution in [-0.4, -0.2) is 12.9 Å². The van der Waals surface area contributed by atoms with Gasteiger partial charge in [-0.15, -0.1) is 11.3 Å². The summed E-state index contributed by atoms with van der Waals surface area (Å²) in [6.07, 6.45) is 0. The van der Waals surface area contributed by atoms with Crippen LogP contribution in [0.3, 0.4) is 0 Å². The summed E-state index contributed by atoms with van der Waals surface area (Å²) in [5.74, 6) is 0.497. The van der Waals surface area contributed by atoms with Crippen LogP contribution in [0, 0.1) is 6.92 Å². The smallest absolute Gasteiger partial charge is 0.206 e. The zero-order chi connectivity index (χ0) is 12.4. The maximum atomic E-state index is 12.3. The maximum absolute atomic E-state index is 12.3. The van der Waals surface area contributed by atoms with Crippen molar-refractivity contribution in [2.45, 2.75) is 6.92 Å². The number of nitrogens with two attached hydrogens (primary N) is 1. The van der Waals surface area contributed by atoms with Gasteiger partial charge in [0.25, 0.3) is 0 Å². The molecule has 2 rings (SSSR count). The number of hydrogen-bond donors (Lipinski definition) is 1. The Labute approximate surface area is 104 Å². The number of anilines is 1. The number of ether oxygens (including phenoxy) is 1. The third-order valence-electron chi connectivity index (χ3n) is 2.54. The average Bonchev–Trinajstić information content (AvgIpc) is 2.74. The molecule has 0 unspecified atom stereocenters. The molecule has 0 aliphatic carbocycles. The normalized spacial score (nSPS) is 10.2. The van der Waals surface area contributed by atoms with Crippen LogP contribution in [0.1, 0.15) is 20.8 Å². The van der Waals surface area contributed by atoms with E-state index in [0.29, 0.717) is 17.0 Å². The van der Waals surface area contributed by atoms with Gasteiger partial charge in [0.2, 0.25) is 5.78 Å². The van der Waals surface area contributed by atoms with Crippen LogP contribution in [0.25, 0.3) is 0 Å². The minimum atomic E-state index is -0.0191. The van der Waals surface area contributed by atoms with Crippen molar-refractivity contribution in [2.75, 3.05) is 12.8 Å². The van der Waals surface area contributed by atoms with Crippen LogP contribution < -0.4 is 10.5 Å². The number of rotatable bonds is 3. The molecule has 0 radical (unpaired) electrons. The fraction of sp³-hybridized carbons (Fsp3) is 0.154. The molecular formula is C13H13NO2S. The molecule has 2 aromatic rings. The molecule has 88 valence electrons. The Hall–Kier alpha value is -1.81. The number of aryl methyl sites for hydroxylation is 1. The van der Waals surface area contributed by atoms with Gasteiger partial charge < -0.3 is 10.5 Å². The molecule has 1 aromatic carbocycles. The molecule has 0 spiro atoms. The van der Waals surface area contributed by atoms with Gasteiger partial charge in [-0.05, 0) is 36.1 Å². The Morgan fingerprint density at radius 3 is 2.71 bits per heavy atom. The highest BCUT2D eigenvalue weighted by molar-refractivity contribution is 7.12. The van der Waals surface area contributed by atoms with Crippen molar-refractivity contribution in [3.63, 3.8) is 0 Å². The van der Waals surface area contributed by atoms with Crippen LogP contribution in [0.2, 0.25) is 0 Å². The second kappa shape index (κ2) is 4.59. The molecule has 0 aliphatic heterocycles. The van der Waals surface area contributed by atoms with Crippen molar-refractivity contribution in [2.24, 2.45) is 0 Å². The third kappa shape index (κ3) is 2.17. The van der Waals surface area contributed by atoms with Crippen molar-refractivity contribution in [1.29, 1.82) is 0 Å². The molecular weight excluding hydrogens is 234 g/mol. The lowest BCUT2D eigenvalue weighted by Crippen LogP contribution is -2.04. The predicted octanol–water partition coefficient (Wildman–Crippen LogP) is 2.88. The number of nitrogen functional groups attached to an aromatic ring is 1. The third-order valence-corrected chi connectivity index (χ3v) is 3.55. The SMILES string of the molecule is COc1cc(N)ccc1C(=O)c1sccc1C. The molecule has 0 aliphatic rings. The van der Waals surface area contributed by atoms with E-state index in [2.05, 4.69) is 0 Å². The summed E-state index contributed by atoms with van der Waals surface area (Å²) in [6, 6.07) is 7.01. The average molecular weight is 247 g/mol. The second-order valence-corrected chi connectivity index (χ2v) is 4.64. The fourth-order valence-corrected chi connectivity index (χ4v) is 2.50. The Morgan fingerprint density at radius 1 is 1.35 bits per heavy atom. The van der Waals surface area contributed by atoms with E-state index in [1.807, 2.05) is 18.4 Å². The number of hydrogen-bond acceptors (Lipinski definition) is 4. The van der Waals surface area contributed by atoms with Gasteiger partial charge in [0, 0.05) is 11.8 Å². The van der Waals surface area contributed by atoms with Gasteiger partial charge in [-0.2, -0.15) is 0 Å². The van der Waals surface area contributed by atoms with Gasteiger partial charge in [-0.25, -0.2) is 0 Å². The standard InChI is InChI=1S/C13H13NO2S/c1-8-5-6-17-13(8)12(15)10-4-3-9(14)7-11(10)16-2/h3-7H,14H2,1-2H3. The van der Waals surface area contributed by atoms with Gasteiger partial charge in [0.1, 0.15) is 5.75 Å². The summed E-state index contributed by atoms with van der Waals surface area (Å²) in [4.78, 5) is 13.1. The number of benzene rings is 1. The summed E-state index contributed by atoms with van der Waals surface area (Å²) in [5.41, 5.74) is 7.78. The molecule has 0 saturated heterocycles. The molecule has 0 atom stereocenters. The van der Waals surface area contributed by atoms with Gasteiger partial charge in [0.15, 0.2) is 0 Å². The van der Waals surface area contributed by atoms with E-state index in [9.17, 15) is 4.79 Å². The number of methoxy groups -OCH3 is 1. The topological polar surface area (TPSA) is 52.3 Å². The molecule has 0 fully saturated rings. The predicted molar refractivity (Wildman–Crippen MR) is 69.9 cm³/mol. The molecule has 4 heteroatoms. The number of thiophene rings is 1. The number of carbonyl (C=O) groups excluding carboxylic acids is 1. The highest BCUT2D eigenvalue weighted by Gasteiger charge is 2.17. The van der Waals surface area contributed by atoms with E-state index in [-0.39, 0.29) is 5.78 Å². The highest BCUT2D eigenvalue weighted by Crippen LogP contribution is 2.27. The molecule has 17 heavy (non-hydrogen) atoms. The summed E-state index contributed by atoms with van der Waals surface area (Å²) in [7, 11) is 1.53. The minimum absolute atomic E-state index is 0.0191. The number of carbonyl (C=O) groups is 1. The Bertz CT molecular complexity index is 560. The van der Waals surface area contributed by atoms with Crippen LogP contribution in [0.15, 0.2) is 29.6 Å². The van der Waals surface area contributed by atoms with Crippen molar-refractivity contribution in [1.82, 2.24) is 0 Å². The van der Waals surface area contributed by atoms with Gasteiger partial charge in [-0.1, -0.05) is 0 Å². The van der Waals surface area contributed by atoms with Crippen molar-refractivity contribution in [3.05, 3.63) is 45.6 Å². The van der Waals surface area contributed by atoms with Crippen LogP contribution in [0.5, 0.6) is 5.75 Å². The molecule has 2 N–H and O–H groups in total. The molecule has 3 nitrogen and oxygen atoms in total. The summed E-state index contributed by atoms with van der Waals surface area (Å²) >= 11 is 1.44. The summed E-state index contributed by atoms with van der Waals surface area (Å²) < 4.78 is 5.19. The van der Waals surface area contributed by atoms with Crippen molar-refractivity contribution >= 4 is 22.8 Å². The Morgan fingerprint density at radius 2 is 2.12 bits per heavy atom. The van der Waals surface area contributed by atoms with Gasteiger partial charge in [0.05, 0.1) is 17.6 Å². The first-order valence-electron chi connectivity index (χ1n) is 5.16. The summed E-state index contributed by atoms with van der Waals surface area (Å²) in [6.45, 7) is 1.92. The highest BCUT2D eigenvalue weighted by atomic mass is 32.1. The molecule has 0 amide bonds. The van der Waals surface area contributed by atoms with Crippen molar-refractivity contribution in [3.8, 4) is 5.75 Å². The minimum Gasteiger partial charge on any atom is -0.496 e. The first-order chi connectivity index (χ1) is 8.13. The largest absolute Gasteiger partial charge is 0.496 e. The van der Waals surface area contributed by atoms with Crippen LogP contribution >= 0.6 is 11.3 Å². The van der Waals surface area contributed by atoms with Crippen LogP contribution in [0.4, 0.5) is 5.69 Å². The van der Waals surface area contributed by atoms with E-state index < -0.39 is 0 Å². The molecule has 1 heterocycles. The first kappa shape index (κ1) is 11.7. The first-order valence-corrected chi connectivity index (χ1v) is 6.03. The van der Waals surface area contributed by atoms with Crippen LogP contribution in [-0.2, 0) is 0 Å². The molecule has 1 aromatic heterocycles. The van der Waals surface area contributed by atoms with Crippen molar-refractivity contribution < 1.29 is 9.53 Å². The maximum Gasteiger partial charge on any atom is 0.206 e. The Kier molecular flexibility index (Phi) is 3.15. The van der Waals surface area contributed by atoms with E-state index in [4.69, 9.17) is 10.5 Å². The van der Waals surface area contributed by atoms with Gasteiger partial charge in [-0.3, -0.25) is 4.79 Å². The van der Waals surface area contributed by atoms with E-state index in [1.54, 1.807) is 18.2 Å². The number of ketones is 1. The molecule has 0 bridgehead atoms. The van der Waals surface area contributed by atoms with E-state index in [1.165, 1.54) is 18.4 Å². The molecule has 0 saturated carbocycles. The quantitative estimate of drug-likeness (QED) is 0.670. The lowest BCUT2D eigenvalue weighted by atomic mass is 10.1. The lowest BCUT2D eigenvalue weighted by Gasteiger charge is -2.08.